The zero-order valence-corrected chi connectivity index (χ0v) is 12.6. The molecule has 1 saturated carbocycles. The lowest BCUT2D eigenvalue weighted by Gasteiger charge is -2.13. The SMILES string of the molecule is C(=C1CCCCC1)[S+](c1ccccc1)c1ccccc1. The van der Waals surface area contributed by atoms with Crippen molar-refractivity contribution in [3.8, 4) is 0 Å². The fourth-order valence-electron chi connectivity index (χ4n) is 2.70. The Hall–Kier alpha value is -1.47. The van der Waals surface area contributed by atoms with E-state index in [0.29, 0.717) is 0 Å². The van der Waals surface area contributed by atoms with Crippen LogP contribution in [0, 0.1) is 0 Å². The quantitative estimate of drug-likeness (QED) is 0.645. The topological polar surface area (TPSA) is 0 Å². The van der Waals surface area contributed by atoms with E-state index in [-0.39, 0.29) is 10.9 Å². The van der Waals surface area contributed by atoms with Crippen LogP contribution >= 0.6 is 0 Å². The highest BCUT2D eigenvalue weighted by molar-refractivity contribution is 7.99. The van der Waals surface area contributed by atoms with Crippen LogP contribution in [0.2, 0.25) is 0 Å². The molecule has 1 aliphatic carbocycles. The van der Waals surface area contributed by atoms with Crippen molar-refractivity contribution in [3.63, 3.8) is 0 Å². The molecule has 0 N–H and O–H groups in total. The minimum atomic E-state index is 0.0892. The van der Waals surface area contributed by atoms with Crippen LogP contribution < -0.4 is 0 Å². The largest absolute Gasteiger partial charge is 0.165 e. The molecule has 0 nitrogen and oxygen atoms in total. The number of benzene rings is 2. The first-order valence-corrected chi connectivity index (χ1v) is 8.75. The van der Waals surface area contributed by atoms with Gasteiger partial charge in [-0.15, -0.1) is 0 Å². The van der Waals surface area contributed by atoms with E-state index >= 15 is 0 Å². The van der Waals surface area contributed by atoms with Crippen LogP contribution in [0.15, 0.2) is 81.4 Å². The van der Waals surface area contributed by atoms with Crippen LogP contribution in [0.5, 0.6) is 0 Å². The first kappa shape index (κ1) is 13.5. The molecule has 102 valence electrons. The highest BCUT2D eigenvalue weighted by atomic mass is 32.2. The molecule has 0 heterocycles. The maximum Gasteiger partial charge on any atom is 0.165 e. The van der Waals surface area contributed by atoms with E-state index in [9.17, 15) is 0 Å². The van der Waals surface area contributed by atoms with E-state index < -0.39 is 0 Å². The second-order valence-electron chi connectivity index (χ2n) is 5.30. The fraction of sp³-hybridized carbons (Fsp3) is 0.263. The second kappa shape index (κ2) is 6.81. The lowest BCUT2D eigenvalue weighted by molar-refractivity contribution is 0.600. The monoisotopic (exact) mass is 281 g/mol. The second-order valence-corrected chi connectivity index (χ2v) is 7.15. The molecule has 1 aliphatic rings. The Bertz CT molecular complexity index is 509. The maximum absolute atomic E-state index is 2.55. The number of rotatable bonds is 3. The molecule has 0 aliphatic heterocycles. The summed E-state index contributed by atoms with van der Waals surface area (Å²) in [6.45, 7) is 0. The van der Waals surface area contributed by atoms with Crippen LogP contribution in [-0.4, -0.2) is 0 Å². The molecule has 0 spiro atoms. The minimum Gasteiger partial charge on any atom is -0.0619 e. The van der Waals surface area contributed by atoms with Crippen molar-refractivity contribution < 1.29 is 0 Å². The van der Waals surface area contributed by atoms with Crippen molar-refractivity contribution in [2.24, 2.45) is 0 Å². The zero-order valence-electron chi connectivity index (χ0n) is 11.8. The van der Waals surface area contributed by atoms with Crippen molar-refractivity contribution in [1.82, 2.24) is 0 Å². The van der Waals surface area contributed by atoms with Gasteiger partial charge >= 0.3 is 0 Å². The van der Waals surface area contributed by atoms with Crippen LogP contribution in [-0.2, 0) is 10.9 Å². The van der Waals surface area contributed by atoms with E-state index in [0.717, 1.165) is 0 Å². The summed E-state index contributed by atoms with van der Waals surface area (Å²) in [5.41, 5.74) is 1.66. The van der Waals surface area contributed by atoms with Gasteiger partial charge in [-0.1, -0.05) is 42.8 Å². The summed E-state index contributed by atoms with van der Waals surface area (Å²) < 4.78 is 0. The molecule has 0 saturated heterocycles. The van der Waals surface area contributed by atoms with Gasteiger partial charge in [0.25, 0.3) is 0 Å². The van der Waals surface area contributed by atoms with Crippen molar-refractivity contribution in [2.75, 3.05) is 0 Å². The average Bonchev–Trinajstić information content (AvgIpc) is 2.55. The number of hydrogen-bond donors (Lipinski definition) is 0. The molecule has 0 radical (unpaired) electrons. The molecular weight excluding hydrogens is 260 g/mol. The predicted molar refractivity (Wildman–Crippen MR) is 87.9 cm³/mol. The Labute approximate surface area is 124 Å². The van der Waals surface area contributed by atoms with Crippen molar-refractivity contribution in [2.45, 2.75) is 41.9 Å². The lowest BCUT2D eigenvalue weighted by atomic mass is 9.96. The summed E-state index contributed by atoms with van der Waals surface area (Å²) in [6.07, 6.45) is 6.73. The summed E-state index contributed by atoms with van der Waals surface area (Å²) in [5.74, 6) is 0. The molecule has 2 aromatic rings. The number of hydrogen-bond acceptors (Lipinski definition) is 0. The molecule has 1 heteroatoms. The third-order valence-corrected chi connectivity index (χ3v) is 5.90. The zero-order chi connectivity index (χ0) is 13.6. The van der Waals surface area contributed by atoms with Gasteiger partial charge in [0.1, 0.15) is 5.41 Å². The smallest absolute Gasteiger partial charge is 0.0619 e. The van der Waals surface area contributed by atoms with Gasteiger partial charge < -0.3 is 0 Å². The van der Waals surface area contributed by atoms with Crippen molar-refractivity contribution in [3.05, 3.63) is 71.6 Å². The molecular formula is C19H21S+. The van der Waals surface area contributed by atoms with Crippen LogP contribution in [0.4, 0.5) is 0 Å². The average molecular weight is 281 g/mol. The van der Waals surface area contributed by atoms with Crippen molar-refractivity contribution in [1.29, 1.82) is 0 Å². The summed E-state index contributed by atoms with van der Waals surface area (Å²) in [4.78, 5) is 2.86. The van der Waals surface area contributed by atoms with Gasteiger partial charge in [0.05, 0.1) is 10.9 Å². The minimum absolute atomic E-state index is 0.0892. The summed E-state index contributed by atoms with van der Waals surface area (Å²) in [6, 6.07) is 21.8. The first-order chi connectivity index (χ1) is 9.93. The van der Waals surface area contributed by atoms with E-state index in [1.165, 1.54) is 41.9 Å². The van der Waals surface area contributed by atoms with Crippen LogP contribution in [0.3, 0.4) is 0 Å². The third kappa shape index (κ3) is 3.34. The molecule has 0 aromatic heterocycles. The highest BCUT2D eigenvalue weighted by Gasteiger charge is 2.24. The molecule has 0 amide bonds. The van der Waals surface area contributed by atoms with Gasteiger partial charge in [-0.25, -0.2) is 0 Å². The molecule has 0 bridgehead atoms. The van der Waals surface area contributed by atoms with Crippen molar-refractivity contribution >= 4 is 10.9 Å². The van der Waals surface area contributed by atoms with Crippen LogP contribution in [0.25, 0.3) is 0 Å². The Balaban J connectivity index is 1.95. The van der Waals surface area contributed by atoms with Gasteiger partial charge in [-0.3, -0.25) is 0 Å². The Morgan fingerprint density at radius 1 is 0.650 bits per heavy atom. The van der Waals surface area contributed by atoms with Gasteiger partial charge in [0.2, 0.25) is 0 Å². The molecule has 2 aromatic carbocycles. The van der Waals surface area contributed by atoms with Gasteiger partial charge in [0, 0.05) is 0 Å². The van der Waals surface area contributed by atoms with E-state index in [1.54, 1.807) is 5.57 Å². The highest BCUT2D eigenvalue weighted by Crippen LogP contribution is 2.30. The summed E-state index contributed by atoms with van der Waals surface area (Å²) in [5, 5.41) is 2.55. The first-order valence-electron chi connectivity index (χ1n) is 7.46. The van der Waals surface area contributed by atoms with E-state index in [1.807, 2.05) is 0 Å². The summed E-state index contributed by atoms with van der Waals surface area (Å²) in [7, 11) is 0.0892. The molecule has 20 heavy (non-hydrogen) atoms. The van der Waals surface area contributed by atoms with E-state index in [4.69, 9.17) is 0 Å². The van der Waals surface area contributed by atoms with Gasteiger partial charge in [-0.2, -0.15) is 0 Å². The molecule has 0 unspecified atom stereocenters. The van der Waals surface area contributed by atoms with Crippen LogP contribution in [0.1, 0.15) is 32.1 Å². The van der Waals surface area contributed by atoms with Gasteiger partial charge in [0.15, 0.2) is 9.79 Å². The fourth-order valence-corrected chi connectivity index (χ4v) is 4.71. The molecule has 1 fully saturated rings. The lowest BCUT2D eigenvalue weighted by Crippen LogP contribution is -2.03. The normalized spacial score (nSPS) is 15.3. The van der Waals surface area contributed by atoms with Gasteiger partial charge in [-0.05, 0) is 55.5 Å². The summed E-state index contributed by atoms with van der Waals surface area (Å²) >= 11 is 0. The predicted octanol–water partition coefficient (Wildman–Crippen LogP) is 5.57. The van der Waals surface area contributed by atoms with E-state index in [2.05, 4.69) is 66.1 Å². The third-order valence-electron chi connectivity index (χ3n) is 3.77. The Kier molecular flexibility index (Phi) is 4.60. The Morgan fingerprint density at radius 3 is 1.65 bits per heavy atom. The maximum atomic E-state index is 2.55. The molecule has 3 rings (SSSR count). The number of allylic oxidation sites excluding steroid dienone is 1. The standard InChI is InChI=1S/C19H21S/c1-4-10-17(11-5-1)16-20(18-12-6-2-7-13-18)19-14-8-3-9-15-19/h2-3,6-9,12-16H,1,4-5,10-11H2/q+1. The molecule has 0 atom stereocenters. The Morgan fingerprint density at radius 2 is 1.15 bits per heavy atom.